The number of rotatable bonds is 10. The molecule has 1 unspecified atom stereocenters. The van der Waals surface area contributed by atoms with Gasteiger partial charge in [-0.25, -0.2) is 0 Å². The first-order chi connectivity index (χ1) is 9.56. The summed E-state index contributed by atoms with van der Waals surface area (Å²) in [5, 5.41) is 8.13. The predicted molar refractivity (Wildman–Crippen MR) is 85.9 cm³/mol. The third-order valence-corrected chi connectivity index (χ3v) is 3.83. The molecule has 116 valence electrons. The maximum absolute atomic E-state index is 4.56. The molecule has 1 aromatic heterocycles. The topological polar surface area (TPSA) is 33.1 Å². The van der Waals surface area contributed by atoms with E-state index in [0.717, 1.165) is 25.3 Å². The van der Waals surface area contributed by atoms with Crippen molar-refractivity contribution in [1.29, 1.82) is 0 Å². The minimum Gasteiger partial charge on any atom is -0.309 e. The van der Waals surface area contributed by atoms with Gasteiger partial charge in [-0.2, -0.15) is 5.10 Å². The monoisotopic (exact) mass is 280 g/mol. The molecule has 0 aliphatic rings. The Morgan fingerprint density at radius 2 is 1.95 bits per heavy atom. The van der Waals surface area contributed by atoms with Crippen LogP contribution in [0.4, 0.5) is 0 Å². The molecule has 1 rings (SSSR count). The van der Waals surface area contributed by atoms with Crippen LogP contribution in [0.5, 0.6) is 0 Å². The molecule has 20 heavy (non-hydrogen) atoms. The third-order valence-electron chi connectivity index (χ3n) is 3.83. The van der Waals surface area contributed by atoms with Crippen molar-refractivity contribution in [2.24, 2.45) is 0 Å². The fourth-order valence-corrected chi connectivity index (χ4v) is 2.30. The van der Waals surface area contributed by atoms with Crippen LogP contribution in [-0.2, 0) is 6.54 Å². The van der Waals surface area contributed by atoms with Gasteiger partial charge in [-0.05, 0) is 59.3 Å². The van der Waals surface area contributed by atoms with Gasteiger partial charge >= 0.3 is 0 Å². The van der Waals surface area contributed by atoms with E-state index in [1.54, 1.807) is 0 Å². The van der Waals surface area contributed by atoms with E-state index in [1.165, 1.54) is 19.4 Å². The van der Waals surface area contributed by atoms with Crippen molar-refractivity contribution in [3.63, 3.8) is 0 Å². The van der Waals surface area contributed by atoms with Crippen LogP contribution in [0.2, 0.25) is 0 Å². The van der Waals surface area contributed by atoms with E-state index < -0.39 is 0 Å². The van der Waals surface area contributed by atoms with E-state index in [2.05, 4.69) is 62.2 Å². The first-order valence-corrected chi connectivity index (χ1v) is 8.06. The summed E-state index contributed by atoms with van der Waals surface area (Å²) in [5.74, 6) is 0. The molecule has 0 saturated heterocycles. The summed E-state index contributed by atoms with van der Waals surface area (Å²) in [6, 6.07) is 3.10. The minimum atomic E-state index is 0.440. The Bertz CT molecular complexity index is 355. The van der Waals surface area contributed by atoms with Crippen LogP contribution in [0.15, 0.2) is 12.3 Å². The summed E-state index contributed by atoms with van der Waals surface area (Å²) in [6.45, 7) is 15.4. The lowest BCUT2D eigenvalue weighted by Crippen LogP contribution is -2.29. The van der Waals surface area contributed by atoms with E-state index in [4.69, 9.17) is 0 Å². The summed E-state index contributed by atoms with van der Waals surface area (Å²) in [7, 11) is 0. The zero-order chi connectivity index (χ0) is 15.0. The van der Waals surface area contributed by atoms with Crippen molar-refractivity contribution in [3.05, 3.63) is 18.0 Å². The Balaban J connectivity index is 2.20. The van der Waals surface area contributed by atoms with Crippen LogP contribution in [0.1, 0.15) is 59.2 Å². The van der Waals surface area contributed by atoms with Gasteiger partial charge in [0.2, 0.25) is 0 Å². The lowest BCUT2D eigenvalue weighted by Gasteiger charge is -2.19. The zero-order valence-electron chi connectivity index (χ0n) is 13.9. The van der Waals surface area contributed by atoms with Gasteiger partial charge in [-0.3, -0.25) is 4.68 Å². The van der Waals surface area contributed by atoms with Crippen LogP contribution in [0, 0.1) is 0 Å². The molecule has 0 bridgehead atoms. The first kappa shape index (κ1) is 17.2. The quantitative estimate of drug-likeness (QED) is 0.715. The van der Waals surface area contributed by atoms with Crippen LogP contribution < -0.4 is 5.32 Å². The highest BCUT2D eigenvalue weighted by atomic mass is 15.3. The molecule has 1 atom stereocenters. The van der Waals surface area contributed by atoms with Crippen molar-refractivity contribution in [3.8, 4) is 0 Å². The summed E-state index contributed by atoms with van der Waals surface area (Å²) in [5.41, 5.74) is 1.13. The van der Waals surface area contributed by atoms with E-state index in [-0.39, 0.29) is 0 Å². The zero-order valence-corrected chi connectivity index (χ0v) is 13.9. The molecule has 4 nitrogen and oxygen atoms in total. The van der Waals surface area contributed by atoms with Gasteiger partial charge in [0.25, 0.3) is 0 Å². The second-order valence-electron chi connectivity index (χ2n) is 5.83. The second kappa shape index (κ2) is 9.14. The number of hydrogen-bond donors (Lipinski definition) is 1. The first-order valence-electron chi connectivity index (χ1n) is 8.06. The molecule has 1 N–H and O–H groups in total. The van der Waals surface area contributed by atoms with Crippen LogP contribution >= 0.6 is 0 Å². The highest BCUT2D eigenvalue weighted by Crippen LogP contribution is 2.05. The Morgan fingerprint density at radius 3 is 2.50 bits per heavy atom. The fraction of sp³-hybridized carbons (Fsp3) is 0.812. The number of nitrogens with one attached hydrogen (secondary N) is 1. The molecule has 0 spiro atoms. The average Bonchev–Trinajstić information content (AvgIpc) is 2.90. The maximum atomic E-state index is 4.56. The van der Waals surface area contributed by atoms with Crippen molar-refractivity contribution in [1.82, 2.24) is 20.0 Å². The Hall–Kier alpha value is -0.870. The second-order valence-corrected chi connectivity index (χ2v) is 5.83. The van der Waals surface area contributed by atoms with Gasteiger partial charge in [-0.15, -0.1) is 0 Å². The van der Waals surface area contributed by atoms with E-state index in [0.29, 0.717) is 12.1 Å². The smallest absolute Gasteiger partial charge is 0.0762 e. The molecular weight excluding hydrogens is 248 g/mol. The van der Waals surface area contributed by atoms with E-state index in [9.17, 15) is 0 Å². The number of nitrogens with zero attached hydrogens (tertiary/aromatic N) is 3. The molecule has 0 saturated carbocycles. The minimum absolute atomic E-state index is 0.440. The predicted octanol–water partition coefficient (Wildman–Crippen LogP) is 3.06. The maximum Gasteiger partial charge on any atom is 0.0762 e. The molecule has 0 aromatic carbocycles. The number of hydrogen-bond acceptors (Lipinski definition) is 3. The average molecular weight is 280 g/mol. The normalized spacial score (nSPS) is 13.3. The van der Waals surface area contributed by atoms with Gasteiger partial charge in [-0.1, -0.05) is 13.8 Å². The molecule has 1 heterocycles. The summed E-state index contributed by atoms with van der Waals surface area (Å²) < 4.78 is 2.02. The van der Waals surface area contributed by atoms with Gasteiger partial charge in [0.1, 0.15) is 0 Å². The summed E-state index contributed by atoms with van der Waals surface area (Å²) in [4.78, 5) is 2.48. The highest BCUT2D eigenvalue weighted by Gasteiger charge is 2.06. The number of aromatic nitrogens is 2. The summed E-state index contributed by atoms with van der Waals surface area (Å²) in [6.07, 6.45) is 4.55. The van der Waals surface area contributed by atoms with Crippen LogP contribution in [0.25, 0.3) is 0 Å². The van der Waals surface area contributed by atoms with E-state index >= 15 is 0 Å². The van der Waals surface area contributed by atoms with Crippen molar-refractivity contribution < 1.29 is 0 Å². The van der Waals surface area contributed by atoms with Crippen molar-refractivity contribution >= 4 is 0 Å². The van der Waals surface area contributed by atoms with Gasteiger partial charge in [0, 0.05) is 24.8 Å². The lowest BCUT2D eigenvalue weighted by atomic mass is 10.1. The summed E-state index contributed by atoms with van der Waals surface area (Å²) >= 11 is 0. The highest BCUT2D eigenvalue weighted by molar-refractivity contribution is 4.99. The molecule has 0 aliphatic carbocycles. The molecule has 4 heteroatoms. The van der Waals surface area contributed by atoms with Gasteiger partial charge in [0.15, 0.2) is 0 Å². The molecule has 0 fully saturated rings. The fourth-order valence-electron chi connectivity index (χ4n) is 2.30. The Morgan fingerprint density at radius 1 is 1.25 bits per heavy atom. The molecule has 0 radical (unpaired) electrons. The van der Waals surface area contributed by atoms with Gasteiger partial charge in [0.05, 0.1) is 5.69 Å². The standard InChI is InChI=1S/C16H32N4/c1-6-19(7-2)11-8-9-15(5)17-13-16-10-12-20(18-16)14(3)4/h10,12,14-15,17H,6-9,11,13H2,1-5H3. The molecule has 1 aromatic rings. The lowest BCUT2D eigenvalue weighted by molar-refractivity contribution is 0.290. The Kier molecular flexibility index (Phi) is 7.85. The molecular formula is C16H32N4. The van der Waals surface area contributed by atoms with E-state index in [1.807, 2.05) is 4.68 Å². The largest absolute Gasteiger partial charge is 0.309 e. The Labute approximate surface area is 124 Å². The third kappa shape index (κ3) is 6.06. The van der Waals surface area contributed by atoms with Crippen molar-refractivity contribution in [2.45, 2.75) is 66.1 Å². The molecule has 0 amide bonds. The SMILES string of the molecule is CCN(CC)CCCC(C)NCc1ccn(C(C)C)n1. The van der Waals surface area contributed by atoms with Crippen LogP contribution in [0.3, 0.4) is 0 Å². The van der Waals surface area contributed by atoms with Crippen LogP contribution in [-0.4, -0.2) is 40.4 Å². The van der Waals surface area contributed by atoms with Gasteiger partial charge < -0.3 is 10.2 Å². The molecule has 0 aliphatic heterocycles. The van der Waals surface area contributed by atoms with Crippen molar-refractivity contribution in [2.75, 3.05) is 19.6 Å².